The molecular weight excluding hydrogens is 248 g/mol. The van der Waals surface area contributed by atoms with Crippen molar-refractivity contribution >= 4 is 23.0 Å². The van der Waals surface area contributed by atoms with Crippen molar-refractivity contribution in [2.75, 3.05) is 5.32 Å². The van der Waals surface area contributed by atoms with E-state index >= 15 is 0 Å². The summed E-state index contributed by atoms with van der Waals surface area (Å²) in [6, 6.07) is 3.64. The van der Waals surface area contributed by atoms with E-state index in [1.165, 1.54) is 0 Å². The van der Waals surface area contributed by atoms with Crippen molar-refractivity contribution in [2.24, 2.45) is 5.73 Å². The van der Waals surface area contributed by atoms with Crippen molar-refractivity contribution in [3.63, 3.8) is 0 Å². The highest BCUT2D eigenvalue weighted by atomic mass is 32.1. The number of anilines is 1. The average molecular weight is 262 g/mol. The molecule has 0 spiro atoms. The summed E-state index contributed by atoms with van der Waals surface area (Å²) in [5.41, 5.74) is 8.27. The molecule has 0 saturated heterocycles. The van der Waals surface area contributed by atoms with Crippen LogP contribution >= 0.6 is 12.2 Å². The van der Waals surface area contributed by atoms with Gasteiger partial charge in [-0.1, -0.05) is 17.4 Å². The molecule has 2 aromatic rings. The van der Waals surface area contributed by atoms with Gasteiger partial charge < -0.3 is 15.6 Å². The summed E-state index contributed by atoms with van der Waals surface area (Å²) in [5.74, 6) is 1.47. The van der Waals surface area contributed by atoms with Gasteiger partial charge in [0.1, 0.15) is 16.6 Å². The molecule has 0 unspecified atom stereocenters. The first-order valence-corrected chi connectivity index (χ1v) is 5.91. The molecular formula is C12H14N4OS. The summed E-state index contributed by atoms with van der Waals surface area (Å²) in [5, 5.41) is 7.10. The Balaban J connectivity index is 2.18. The van der Waals surface area contributed by atoms with E-state index in [1.54, 1.807) is 12.3 Å². The summed E-state index contributed by atoms with van der Waals surface area (Å²) in [4.78, 5) is 4.55. The van der Waals surface area contributed by atoms with Crippen LogP contribution in [0.5, 0.6) is 0 Å². The maximum atomic E-state index is 5.64. The molecule has 0 aromatic carbocycles. The highest BCUT2D eigenvalue weighted by molar-refractivity contribution is 7.80. The van der Waals surface area contributed by atoms with Gasteiger partial charge in [-0.2, -0.15) is 0 Å². The number of nitrogens with one attached hydrogen (secondary N) is 1. The zero-order valence-electron chi connectivity index (χ0n) is 10.2. The first-order chi connectivity index (χ1) is 8.59. The Morgan fingerprint density at radius 3 is 2.89 bits per heavy atom. The van der Waals surface area contributed by atoms with Gasteiger partial charge in [-0.05, 0) is 26.0 Å². The van der Waals surface area contributed by atoms with Gasteiger partial charge >= 0.3 is 0 Å². The first kappa shape index (κ1) is 12.5. The van der Waals surface area contributed by atoms with Crippen LogP contribution in [0.25, 0.3) is 0 Å². The predicted octanol–water partition coefficient (Wildman–Crippen LogP) is 1.93. The maximum Gasteiger partial charge on any atom is 0.138 e. The standard InChI is InChI=1S/C12H14N4OS/c1-7-10(8(2)17-16-7)6-15-12-9(11(13)18)4-3-5-14-12/h3-5H,6H2,1-2H3,(H2,13,18)(H,14,15). The Morgan fingerprint density at radius 1 is 1.50 bits per heavy atom. The lowest BCUT2D eigenvalue weighted by Gasteiger charge is -2.09. The number of nitrogens with zero attached hydrogens (tertiary/aromatic N) is 2. The minimum atomic E-state index is 0.323. The molecule has 0 amide bonds. The number of rotatable bonds is 4. The van der Waals surface area contributed by atoms with Crippen molar-refractivity contribution < 1.29 is 4.52 Å². The number of pyridine rings is 1. The third kappa shape index (κ3) is 2.48. The van der Waals surface area contributed by atoms with Crippen molar-refractivity contribution in [3.8, 4) is 0 Å². The van der Waals surface area contributed by atoms with Gasteiger partial charge in [0.25, 0.3) is 0 Å². The molecule has 3 N–H and O–H groups in total. The summed E-state index contributed by atoms with van der Waals surface area (Å²) in [7, 11) is 0. The lowest BCUT2D eigenvalue weighted by atomic mass is 10.2. The molecule has 0 radical (unpaired) electrons. The Labute approximate surface area is 110 Å². The quantitative estimate of drug-likeness (QED) is 0.820. The lowest BCUT2D eigenvalue weighted by molar-refractivity contribution is 0.392. The van der Waals surface area contributed by atoms with Crippen molar-refractivity contribution in [1.82, 2.24) is 10.1 Å². The van der Waals surface area contributed by atoms with Gasteiger partial charge in [0.05, 0.1) is 11.3 Å². The van der Waals surface area contributed by atoms with E-state index in [2.05, 4.69) is 15.5 Å². The second-order valence-corrected chi connectivity index (χ2v) is 4.36. The van der Waals surface area contributed by atoms with Gasteiger partial charge in [0.15, 0.2) is 0 Å². The van der Waals surface area contributed by atoms with Crippen LogP contribution in [-0.4, -0.2) is 15.1 Å². The zero-order valence-corrected chi connectivity index (χ0v) is 11.0. The number of nitrogens with two attached hydrogens (primary N) is 1. The van der Waals surface area contributed by atoms with Crippen LogP contribution in [0.1, 0.15) is 22.6 Å². The third-order valence-electron chi connectivity index (χ3n) is 2.69. The van der Waals surface area contributed by atoms with E-state index in [4.69, 9.17) is 22.5 Å². The van der Waals surface area contributed by atoms with E-state index in [0.717, 1.165) is 22.6 Å². The summed E-state index contributed by atoms with van der Waals surface area (Å²) < 4.78 is 5.10. The van der Waals surface area contributed by atoms with Crippen molar-refractivity contribution in [3.05, 3.63) is 40.9 Å². The molecule has 18 heavy (non-hydrogen) atoms. The van der Waals surface area contributed by atoms with E-state index in [-0.39, 0.29) is 0 Å². The Kier molecular flexibility index (Phi) is 3.57. The Morgan fingerprint density at radius 2 is 2.28 bits per heavy atom. The first-order valence-electron chi connectivity index (χ1n) is 5.50. The molecule has 0 aliphatic rings. The molecule has 5 nitrogen and oxygen atoms in total. The largest absolute Gasteiger partial charge is 0.389 e. The second kappa shape index (κ2) is 5.14. The molecule has 6 heteroatoms. The predicted molar refractivity (Wildman–Crippen MR) is 73.4 cm³/mol. The molecule has 2 rings (SSSR count). The molecule has 2 aromatic heterocycles. The fourth-order valence-corrected chi connectivity index (χ4v) is 1.84. The molecule has 2 heterocycles. The molecule has 0 saturated carbocycles. The average Bonchev–Trinajstić information content (AvgIpc) is 2.67. The number of hydrogen-bond acceptors (Lipinski definition) is 5. The topological polar surface area (TPSA) is 77.0 Å². The van der Waals surface area contributed by atoms with Crippen molar-refractivity contribution in [2.45, 2.75) is 20.4 Å². The smallest absolute Gasteiger partial charge is 0.138 e. The zero-order chi connectivity index (χ0) is 13.1. The SMILES string of the molecule is Cc1noc(C)c1CNc1ncccc1C(N)=S. The molecule has 0 bridgehead atoms. The van der Waals surface area contributed by atoms with Crippen LogP contribution in [0.3, 0.4) is 0 Å². The van der Waals surface area contributed by atoms with E-state index in [0.29, 0.717) is 17.4 Å². The van der Waals surface area contributed by atoms with Crippen LogP contribution in [0, 0.1) is 13.8 Å². The molecule has 94 valence electrons. The van der Waals surface area contributed by atoms with Gasteiger partial charge in [0.2, 0.25) is 0 Å². The molecule has 0 aliphatic carbocycles. The van der Waals surface area contributed by atoms with Crippen LogP contribution < -0.4 is 11.1 Å². The highest BCUT2D eigenvalue weighted by Crippen LogP contribution is 2.16. The second-order valence-electron chi connectivity index (χ2n) is 3.92. The maximum absolute atomic E-state index is 5.64. The Bertz CT molecular complexity index is 560. The molecule has 0 fully saturated rings. The van der Waals surface area contributed by atoms with Gasteiger partial charge in [-0.15, -0.1) is 0 Å². The normalized spacial score (nSPS) is 10.3. The third-order valence-corrected chi connectivity index (χ3v) is 2.91. The highest BCUT2D eigenvalue weighted by Gasteiger charge is 2.10. The number of aromatic nitrogens is 2. The molecule has 0 atom stereocenters. The monoisotopic (exact) mass is 262 g/mol. The number of aryl methyl sites for hydroxylation is 2. The fourth-order valence-electron chi connectivity index (χ4n) is 1.67. The minimum Gasteiger partial charge on any atom is -0.389 e. The lowest BCUT2D eigenvalue weighted by Crippen LogP contribution is -2.14. The molecule has 0 aliphatic heterocycles. The minimum absolute atomic E-state index is 0.323. The van der Waals surface area contributed by atoms with Gasteiger partial charge in [-0.25, -0.2) is 4.98 Å². The van der Waals surface area contributed by atoms with Crippen LogP contribution in [-0.2, 0) is 6.54 Å². The van der Waals surface area contributed by atoms with Gasteiger partial charge in [-0.3, -0.25) is 0 Å². The van der Waals surface area contributed by atoms with E-state index < -0.39 is 0 Å². The Hall–Kier alpha value is -1.95. The van der Waals surface area contributed by atoms with Crippen LogP contribution in [0.2, 0.25) is 0 Å². The summed E-state index contributed by atoms with van der Waals surface area (Å²) >= 11 is 4.98. The fraction of sp³-hybridized carbons (Fsp3) is 0.250. The van der Waals surface area contributed by atoms with E-state index in [9.17, 15) is 0 Å². The van der Waals surface area contributed by atoms with Crippen molar-refractivity contribution in [1.29, 1.82) is 0 Å². The number of hydrogen-bond donors (Lipinski definition) is 2. The number of thiocarbonyl (C=S) groups is 1. The van der Waals surface area contributed by atoms with Crippen LogP contribution in [0.15, 0.2) is 22.9 Å². The van der Waals surface area contributed by atoms with E-state index in [1.807, 2.05) is 19.9 Å². The summed E-state index contributed by atoms with van der Waals surface area (Å²) in [6.45, 7) is 4.36. The van der Waals surface area contributed by atoms with Gasteiger partial charge in [0, 0.05) is 18.3 Å². The van der Waals surface area contributed by atoms with Crippen LogP contribution in [0.4, 0.5) is 5.82 Å². The summed E-state index contributed by atoms with van der Waals surface area (Å²) in [6.07, 6.45) is 1.69.